The van der Waals surface area contributed by atoms with E-state index in [1.54, 1.807) is 0 Å². The van der Waals surface area contributed by atoms with E-state index in [0.29, 0.717) is 0 Å². The summed E-state index contributed by atoms with van der Waals surface area (Å²) in [5, 5.41) is 23.2. The lowest BCUT2D eigenvalue weighted by molar-refractivity contribution is -0.137. The maximum atomic E-state index is 10.7. The summed E-state index contributed by atoms with van der Waals surface area (Å²) >= 11 is 0. The van der Waals surface area contributed by atoms with E-state index in [4.69, 9.17) is 10.3 Å². The monoisotopic (exact) mass is 186 g/mol. The van der Waals surface area contributed by atoms with Gasteiger partial charge in [-0.05, 0) is 0 Å². The van der Waals surface area contributed by atoms with E-state index in [1.807, 2.05) is 0 Å². The molecule has 0 bridgehead atoms. The lowest BCUT2D eigenvalue weighted by Gasteiger charge is -1.91. The predicted molar refractivity (Wildman–Crippen MR) is 36.9 cm³/mol. The Bertz CT molecular complexity index is 333. The van der Waals surface area contributed by atoms with Gasteiger partial charge in [0.05, 0.1) is 6.20 Å². The SMILES string of the molecule is O=C(O)Cn1cc(C(=O)NO)nn1. The van der Waals surface area contributed by atoms with Crippen LogP contribution in [0, 0.1) is 0 Å². The van der Waals surface area contributed by atoms with Gasteiger partial charge >= 0.3 is 5.97 Å². The molecule has 1 rings (SSSR count). The number of nitrogens with zero attached hydrogens (tertiary/aromatic N) is 3. The Balaban J connectivity index is 2.74. The van der Waals surface area contributed by atoms with Crippen LogP contribution in [-0.4, -0.2) is 37.2 Å². The maximum absolute atomic E-state index is 10.7. The quantitative estimate of drug-likeness (QED) is 0.390. The lowest BCUT2D eigenvalue weighted by Crippen LogP contribution is -2.19. The van der Waals surface area contributed by atoms with Crippen molar-refractivity contribution in [1.82, 2.24) is 20.5 Å². The van der Waals surface area contributed by atoms with Gasteiger partial charge < -0.3 is 5.11 Å². The molecule has 1 amide bonds. The number of carboxylic acids is 1. The third-order valence-electron chi connectivity index (χ3n) is 1.17. The van der Waals surface area contributed by atoms with Gasteiger partial charge in [-0.1, -0.05) is 5.21 Å². The lowest BCUT2D eigenvalue weighted by atomic mass is 10.4. The molecule has 70 valence electrons. The largest absolute Gasteiger partial charge is 0.480 e. The van der Waals surface area contributed by atoms with Crippen molar-refractivity contribution in [1.29, 1.82) is 0 Å². The van der Waals surface area contributed by atoms with Gasteiger partial charge in [0.15, 0.2) is 5.69 Å². The van der Waals surface area contributed by atoms with E-state index in [-0.39, 0.29) is 12.2 Å². The molecule has 0 atom stereocenters. The number of carbonyl (C=O) groups is 2. The average molecular weight is 186 g/mol. The summed E-state index contributed by atoms with van der Waals surface area (Å²) in [7, 11) is 0. The second-order valence-electron chi connectivity index (χ2n) is 2.14. The molecule has 1 aromatic rings. The molecule has 3 N–H and O–H groups in total. The fourth-order valence-corrected chi connectivity index (χ4v) is 0.676. The van der Waals surface area contributed by atoms with Gasteiger partial charge in [-0.3, -0.25) is 14.8 Å². The highest BCUT2D eigenvalue weighted by atomic mass is 16.5. The second-order valence-corrected chi connectivity index (χ2v) is 2.14. The summed E-state index contributed by atoms with van der Waals surface area (Å²) in [4.78, 5) is 20.9. The third-order valence-corrected chi connectivity index (χ3v) is 1.17. The fraction of sp³-hybridized carbons (Fsp3) is 0.200. The van der Waals surface area contributed by atoms with Gasteiger partial charge in [0.2, 0.25) is 0 Å². The molecule has 1 heterocycles. The molecule has 0 radical (unpaired) electrons. The number of rotatable bonds is 3. The number of hydrogen-bond donors (Lipinski definition) is 3. The molecular weight excluding hydrogens is 180 g/mol. The van der Waals surface area contributed by atoms with Crippen LogP contribution < -0.4 is 5.48 Å². The van der Waals surface area contributed by atoms with Crippen LogP contribution in [0.5, 0.6) is 0 Å². The molecule has 0 aliphatic carbocycles. The number of carbonyl (C=O) groups excluding carboxylic acids is 1. The Morgan fingerprint density at radius 2 is 2.31 bits per heavy atom. The highest BCUT2D eigenvalue weighted by molar-refractivity contribution is 5.90. The molecular formula is C5H6N4O4. The average Bonchev–Trinajstić information content (AvgIpc) is 2.50. The van der Waals surface area contributed by atoms with Crippen molar-refractivity contribution in [3.05, 3.63) is 11.9 Å². The van der Waals surface area contributed by atoms with Crippen LogP contribution in [0.15, 0.2) is 6.20 Å². The van der Waals surface area contributed by atoms with Crippen LogP contribution >= 0.6 is 0 Å². The molecule has 1 aromatic heterocycles. The fourth-order valence-electron chi connectivity index (χ4n) is 0.676. The molecule has 8 heteroatoms. The van der Waals surface area contributed by atoms with Gasteiger partial charge in [-0.2, -0.15) is 0 Å². The first-order valence-electron chi connectivity index (χ1n) is 3.20. The third kappa shape index (κ3) is 2.24. The number of nitrogens with one attached hydrogen (secondary N) is 1. The zero-order valence-corrected chi connectivity index (χ0v) is 6.34. The van der Waals surface area contributed by atoms with E-state index in [2.05, 4.69) is 10.3 Å². The van der Waals surface area contributed by atoms with E-state index in [0.717, 1.165) is 10.9 Å². The Labute approximate surface area is 71.7 Å². The molecule has 13 heavy (non-hydrogen) atoms. The number of hydroxylamine groups is 1. The molecule has 0 saturated heterocycles. The Morgan fingerprint density at radius 1 is 1.62 bits per heavy atom. The van der Waals surface area contributed by atoms with Crippen LogP contribution in [0.2, 0.25) is 0 Å². The molecule has 0 aliphatic rings. The number of amides is 1. The summed E-state index contributed by atoms with van der Waals surface area (Å²) in [6, 6.07) is 0. The van der Waals surface area contributed by atoms with Crippen molar-refractivity contribution >= 4 is 11.9 Å². The minimum atomic E-state index is -1.10. The maximum Gasteiger partial charge on any atom is 0.325 e. The van der Waals surface area contributed by atoms with Crippen molar-refractivity contribution < 1.29 is 19.9 Å². The highest BCUT2D eigenvalue weighted by Gasteiger charge is 2.10. The molecule has 0 unspecified atom stereocenters. The smallest absolute Gasteiger partial charge is 0.325 e. The van der Waals surface area contributed by atoms with Crippen molar-refractivity contribution in [2.75, 3.05) is 0 Å². The van der Waals surface area contributed by atoms with Gasteiger partial charge in [0, 0.05) is 0 Å². The van der Waals surface area contributed by atoms with Crippen molar-refractivity contribution in [3.8, 4) is 0 Å². The first-order chi connectivity index (χ1) is 6.13. The second kappa shape index (κ2) is 3.63. The number of hydrogen-bond acceptors (Lipinski definition) is 5. The number of aliphatic carboxylic acids is 1. The van der Waals surface area contributed by atoms with Gasteiger partial charge in [0.1, 0.15) is 6.54 Å². The Morgan fingerprint density at radius 3 is 2.85 bits per heavy atom. The number of aromatic nitrogens is 3. The van der Waals surface area contributed by atoms with Gasteiger partial charge in [-0.15, -0.1) is 5.10 Å². The minimum Gasteiger partial charge on any atom is -0.480 e. The predicted octanol–water partition coefficient (Wildman–Crippen LogP) is -1.52. The molecule has 0 saturated carbocycles. The summed E-state index contributed by atoms with van der Waals surface area (Å²) in [5.41, 5.74) is 1.20. The van der Waals surface area contributed by atoms with Crippen molar-refractivity contribution in [3.63, 3.8) is 0 Å². The van der Waals surface area contributed by atoms with Crippen LogP contribution in [0.1, 0.15) is 10.5 Å². The van der Waals surface area contributed by atoms with E-state index < -0.39 is 11.9 Å². The van der Waals surface area contributed by atoms with Crippen LogP contribution in [0.4, 0.5) is 0 Å². The van der Waals surface area contributed by atoms with E-state index in [1.165, 1.54) is 5.48 Å². The summed E-state index contributed by atoms with van der Waals surface area (Å²) in [6.07, 6.45) is 1.11. The van der Waals surface area contributed by atoms with Gasteiger partial charge in [-0.25, -0.2) is 10.2 Å². The topological polar surface area (TPSA) is 117 Å². The summed E-state index contributed by atoms with van der Waals surface area (Å²) in [6.45, 7) is -0.383. The summed E-state index contributed by atoms with van der Waals surface area (Å²) in [5.74, 6) is -1.93. The van der Waals surface area contributed by atoms with E-state index in [9.17, 15) is 9.59 Å². The molecule has 0 fully saturated rings. The Kier molecular flexibility index (Phi) is 2.55. The Hall–Kier alpha value is -1.96. The number of carboxylic acid groups (broad SMARTS) is 1. The zero-order chi connectivity index (χ0) is 9.84. The minimum absolute atomic E-state index is 0.149. The van der Waals surface area contributed by atoms with Crippen molar-refractivity contribution in [2.24, 2.45) is 0 Å². The molecule has 0 spiro atoms. The van der Waals surface area contributed by atoms with Crippen molar-refractivity contribution in [2.45, 2.75) is 6.54 Å². The first kappa shape index (κ1) is 9.13. The molecule has 0 aliphatic heterocycles. The van der Waals surface area contributed by atoms with Crippen LogP contribution in [-0.2, 0) is 11.3 Å². The highest BCUT2D eigenvalue weighted by Crippen LogP contribution is 1.91. The first-order valence-corrected chi connectivity index (χ1v) is 3.20. The zero-order valence-electron chi connectivity index (χ0n) is 6.34. The van der Waals surface area contributed by atoms with Crippen LogP contribution in [0.3, 0.4) is 0 Å². The standard InChI is InChI=1S/C5H6N4O4/c10-4(11)2-9-1-3(6-8-9)5(12)7-13/h1,13H,2H2,(H,7,12)(H,10,11). The van der Waals surface area contributed by atoms with Gasteiger partial charge in [0.25, 0.3) is 5.91 Å². The summed E-state index contributed by atoms with van der Waals surface area (Å²) < 4.78 is 0.965. The molecule has 8 nitrogen and oxygen atoms in total. The van der Waals surface area contributed by atoms with E-state index >= 15 is 0 Å². The normalized spacial score (nSPS) is 9.62. The molecule has 0 aromatic carbocycles. The van der Waals surface area contributed by atoms with Crippen LogP contribution in [0.25, 0.3) is 0 Å².